The maximum Gasteiger partial charge on any atom is 0.230 e. The Morgan fingerprint density at radius 2 is 2.07 bits per heavy atom. The van der Waals surface area contributed by atoms with Gasteiger partial charge < -0.3 is 14.2 Å². The molecule has 0 N–H and O–H groups in total. The summed E-state index contributed by atoms with van der Waals surface area (Å²) in [5, 5.41) is 3.93. The Bertz CT molecular complexity index is 871. The molecule has 1 amide bonds. The van der Waals surface area contributed by atoms with Gasteiger partial charge in [0.05, 0.1) is 25.3 Å². The Balaban J connectivity index is 1.45. The lowest BCUT2D eigenvalue weighted by molar-refractivity contribution is -0.135. The number of hydrogen-bond donors (Lipinski definition) is 0. The predicted octanol–water partition coefficient (Wildman–Crippen LogP) is 2.62. The monoisotopic (exact) mass is 381 g/mol. The Hall–Kier alpha value is -2.34. The summed E-state index contributed by atoms with van der Waals surface area (Å²) in [6.07, 6.45) is 2.68. The van der Waals surface area contributed by atoms with E-state index in [1.54, 1.807) is 7.11 Å². The lowest BCUT2D eigenvalue weighted by Crippen LogP contribution is -2.60. The minimum atomic E-state index is 0.158. The molecule has 5 heterocycles. The van der Waals surface area contributed by atoms with Gasteiger partial charge in [0.2, 0.25) is 5.91 Å². The number of benzene rings is 1. The van der Waals surface area contributed by atoms with Crippen molar-refractivity contribution in [2.24, 2.45) is 5.92 Å². The van der Waals surface area contributed by atoms with Crippen LogP contribution in [0.3, 0.4) is 0 Å². The van der Waals surface area contributed by atoms with Crippen LogP contribution < -0.4 is 4.74 Å². The molecule has 3 atom stereocenters. The molecule has 1 aromatic heterocycles. The first kappa shape index (κ1) is 17.7. The number of rotatable bonds is 4. The number of likely N-dealkylation sites (tertiary alicyclic amines) is 1. The molecule has 148 valence electrons. The van der Waals surface area contributed by atoms with Gasteiger partial charge in [-0.15, -0.1) is 0 Å². The number of carbonyl (C=O) groups excluding carboxylic acids is 1. The van der Waals surface area contributed by atoms with Crippen LogP contribution in [0.15, 0.2) is 34.9 Å². The summed E-state index contributed by atoms with van der Waals surface area (Å²) in [5.41, 5.74) is 2.09. The summed E-state index contributed by atoms with van der Waals surface area (Å²) < 4.78 is 10.8. The van der Waals surface area contributed by atoms with Gasteiger partial charge in [-0.1, -0.05) is 17.3 Å². The fourth-order valence-corrected chi connectivity index (χ4v) is 5.62. The molecule has 6 rings (SSSR count). The van der Waals surface area contributed by atoms with Crippen LogP contribution in [0.1, 0.15) is 35.8 Å². The predicted molar refractivity (Wildman–Crippen MR) is 104 cm³/mol. The van der Waals surface area contributed by atoms with Crippen molar-refractivity contribution < 1.29 is 14.1 Å². The van der Waals surface area contributed by atoms with Crippen LogP contribution in [0.25, 0.3) is 0 Å². The van der Waals surface area contributed by atoms with Crippen molar-refractivity contribution >= 4 is 5.91 Å². The smallest absolute Gasteiger partial charge is 0.230 e. The van der Waals surface area contributed by atoms with E-state index in [0.717, 1.165) is 31.1 Å². The van der Waals surface area contributed by atoms with Crippen molar-refractivity contribution in [2.45, 2.75) is 44.2 Å². The van der Waals surface area contributed by atoms with Crippen molar-refractivity contribution in [1.29, 1.82) is 0 Å². The first-order valence-corrected chi connectivity index (χ1v) is 10.2. The molecule has 2 bridgehead atoms. The maximum absolute atomic E-state index is 13.3. The van der Waals surface area contributed by atoms with E-state index in [0.29, 0.717) is 36.1 Å². The number of ether oxygens (including phenoxy) is 1. The summed E-state index contributed by atoms with van der Waals surface area (Å²) in [5.74, 6) is 2.62. The minimum absolute atomic E-state index is 0.158. The molecule has 0 unspecified atom stereocenters. The molecule has 4 fully saturated rings. The molecule has 1 aromatic carbocycles. The van der Waals surface area contributed by atoms with E-state index in [1.165, 1.54) is 18.4 Å². The largest absolute Gasteiger partial charge is 0.497 e. The minimum Gasteiger partial charge on any atom is -0.497 e. The van der Waals surface area contributed by atoms with E-state index in [-0.39, 0.29) is 5.91 Å². The van der Waals surface area contributed by atoms with Gasteiger partial charge in [0.25, 0.3) is 0 Å². The second kappa shape index (κ2) is 6.92. The van der Waals surface area contributed by atoms with Crippen molar-refractivity contribution in [3.05, 3.63) is 47.3 Å². The molecule has 28 heavy (non-hydrogen) atoms. The number of fused-ring (bicyclic) bond motifs is 2. The number of aryl methyl sites for hydroxylation is 1. The van der Waals surface area contributed by atoms with Crippen LogP contribution in [0.4, 0.5) is 0 Å². The van der Waals surface area contributed by atoms with E-state index in [1.807, 2.05) is 19.1 Å². The second-order valence-electron chi connectivity index (χ2n) is 8.40. The van der Waals surface area contributed by atoms with Crippen LogP contribution in [-0.4, -0.2) is 59.7 Å². The van der Waals surface area contributed by atoms with Crippen molar-refractivity contribution in [1.82, 2.24) is 15.0 Å². The standard InChI is InChI=1S/C22H27N3O3/c1-14-10-18(28-23-14)12-20(26)25-13-19(16-4-3-5-17(11-16)27-2)22-21(25)15-6-8-24(22)9-7-15/h3-5,10-11,15,19,21-22H,6-9,12-13H2,1-2H3/t19-,21-,22-/m1/s1. The summed E-state index contributed by atoms with van der Waals surface area (Å²) >= 11 is 0. The third-order valence-corrected chi connectivity index (χ3v) is 6.84. The van der Waals surface area contributed by atoms with Crippen LogP contribution in [0.5, 0.6) is 5.75 Å². The molecule has 0 aliphatic carbocycles. The highest BCUT2D eigenvalue weighted by Crippen LogP contribution is 2.47. The first-order valence-electron chi connectivity index (χ1n) is 10.2. The van der Waals surface area contributed by atoms with E-state index in [2.05, 4.69) is 33.2 Å². The van der Waals surface area contributed by atoms with Gasteiger partial charge in [0.15, 0.2) is 0 Å². The average Bonchev–Trinajstić information content (AvgIpc) is 3.34. The highest BCUT2D eigenvalue weighted by molar-refractivity contribution is 5.79. The van der Waals surface area contributed by atoms with Gasteiger partial charge in [0, 0.05) is 24.6 Å². The zero-order chi connectivity index (χ0) is 19.3. The average molecular weight is 381 g/mol. The second-order valence-corrected chi connectivity index (χ2v) is 8.40. The molecular formula is C22H27N3O3. The number of methoxy groups -OCH3 is 1. The van der Waals surface area contributed by atoms with E-state index >= 15 is 0 Å². The summed E-state index contributed by atoms with van der Waals surface area (Å²) in [4.78, 5) is 18.0. The molecule has 0 radical (unpaired) electrons. The highest BCUT2D eigenvalue weighted by atomic mass is 16.5. The third kappa shape index (κ3) is 2.91. The highest BCUT2D eigenvalue weighted by Gasteiger charge is 2.54. The van der Waals surface area contributed by atoms with Gasteiger partial charge in [-0.05, 0) is 56.5 Å². The quantitative estimate of drug-likeness (QED) is 0.815. The summed E-state index contributed by atoms with van der Waals surface area (Å²) in [6.45, 7) is 4.95. The van der Waals surface area contributed by atoms with Gasteiger partial charge in [-0.3, -0.25) is 9.69 Å². The van der Waals surface area contributed by atoms with Gasteiger partial charge in [-0.2, -0.15) is 0 Å². The number of carbonyl (C=O) groups is 1. The lowest BCUT2D eigenvalue weighted by atomic mass is 9.75. The Morgan fingerprint density at radius 3 is 2.79 bits per heavy atom. The number of nitrogens with zero attached hydrogens (tertiary/aromatic N) is 3. The number of aromatic nitrogens is 1. The number of amides is 1. The van der Waals surface area contributed by atoms with Gasteiger partial charge in [-0.25, -0.2) is 0 Å². The normalized spacial score (nSPS) is 31.1. The molecule has 4 aliphatic heterocycles. The SMILES string of the molecule is COc1cccc([C@H]2CN(C(=O)Cc3cc(C)no3)[C@@H]3C4CCN(CC4)[C@H]23)c1. The Morgan fingerprint density at radius 1 is 1.25 bits per heavy atom. The zero-order valence-corrected chi connectivity index (χ0v) is 16.5. The molecule has 6 nitrogen and oxygen atoms in total. The Labute approximate surface area is 165 Å². The summed E-state index contributed by atoms with van der Waals surface area (Å²) in [6, 6.07) is 10.9. The van der Waals surface area contributed by atoms with Crippen LogP contribution in [0, 0.1) is 12.8 Å². The van der Waals surface area contributed by atoms with Gasteiger partial charge >= 0.3 is 0 Å². The van der Waals surface area contributed by atoms with E-state index in [4.69, 9.17) is 9.26 Å². The maximum atomic E-state index is 13.3. The topological polar surface area (TPSA) is 58.8 Å². The molecule has 6 heteroatoms. The summed E-state index contributed by atoms with van der Waals surface area (Å²) in [7, 11) is 1.71. The molecule has 4 saturated heterocycles. The Kier molecular flexibility index (Phi) is 4.38. The molecular weight excluding hydrogens is 354 g/mol. The molecule has 0 saturated carbocycles. The van der Waals surface area contributed by atoms with E-state index < -0.39 is 0 Å². The zero-order valence-electron chi connectivity index (χ0n) is 16.5. The van der Waals surface area contributed by atoms with Crippen molar-refractivity contribution in [2.75, 3.05) is 26.7 Å². The lowest BCUT2D eigenvalue weighted by Gasteiger charge is -2.51. The van der Waals surface area contributed by atoms with Crippen molar-refractivity contribution in [3.63, 3.8) is 0 Å². The fourth-order valence-electron chi connectivity index (χ4n) is 5.62. The number of piperidine rings is 3. The van der Waals surface area contributed by atoms with Crippen LogP contribution in [-0.2, 0) is 11.2 Å². The number of hydrogen-bond acceptors (Lipinski definition) is 5. The van der Waals surface area contributed by atoms with Gasteiger partial charge in [0.1, 0.15) is 11.5 Å². The first-order chi connectivity index (χ1) is 13.6. The fraction of sp³-hybridized carbons (Fsp3) is 0.545. The third-order valence-electron chi connectivity index (χ3n) is 6.84. The van der Waals surface area contributed by atoms with Crippen LogP contribution >= 0.6 is 0 Å². The molecule has 0 spiro atoms. The van der Waals surface area contributed by atoms with E-state index in [9.17, 15) is 4.79 Å². The van der Waals surface area contributed by atoms with Crippen LogP contribution in [0.2, 0.25) is 0 Å². The van der Waals surface area contributed by atoms with Crippen molar-refractivity contribution in [3.8, 4) is 5.75 Å². The molecule has 4 aliphatic rings. The molecule has 2 aromatic rings.